The highest BCUT2D eigenvalue weighted by Crippen LogP contribution is 2.46. The van der Waals surface area contributed by atoms with Crippen LogP contribution in [0, 0.1) is 0 Å². The molecule has 8 aromatic carbocycles. The van der Waals surface area contributed by atoms with Crippen molar-refractivity contribution < 1.29 is 40.9 Å². The normalized spacial score (nSPS) is 17.6. The lowest BCUT2D eigenvalue weighted by atomic mass is 9.83. The predicted molar refractivity (Wildman–Crippen MR) is 288 cm³/mol. The minimum Gasteiger partial charge on any atom is -0.496 e. The van der Waals surface area contributed by atoms with Crippen molar-refractivity contribution in [1.29, 1.82) is 0 Å². The number of esters is 2. The Balaban J connectivity index is 0.000000211. The van der Waals surface area contributed by atoms with Crippen molar-refractivity contribution in [3.05, 3.63) is 214 Å². The molecule has 0 aliphatic carbocycles. The Kier molecular flexibility index (Phi) is 15.5. The Bertz CT molecular complexity index is 2980. The largest absolute Gasteiger partial charge is 0.496 e. The van der Waals surface area contributed by atoms with Gasteiger partial charge in [0.2, 0.25) is 0 Å². The minimum absolute atomic E-state index is 0. The van der Waals surface area contributed by atoms with E-state index in [0.29, 0.717) is 35.7 Å². The Morgan fingerprint density at radius 2 is 0.847 bits per heavy atom. The molecule has 72 heavy (non-hydrogen) atoms. The highest BCUT2D eigenvalue weighted by molar-refractivity contribution is 5.94. The third-order valence-electron chi connectivity index (χ3n) is 14.1. The molecule has 2 aliphatic rings. The maximum absolute atomic E-state index is 12.4. The lowest BCUT2D eigenvalue weighted by molar-refractivity contribution is 0.0587. The fourth-order valence-corrected chi connectivity index (χ4v) is 10.6. The highest BCUT2D eigenvalue weighted by Gasteiger charge is 2.34. The molecule has 0 aromatic heterocycles. The average Bonchev–Trinajstić information content (AvgIpc) is 3.44. The zero-order chi connectivity index (χ0) is 50.1. The van der Waals surface area contributed by atoms with Crippen LogP contribution >= 0.6 is 0 Å². The zero-order valence-electron chi connectivity index (χ0n) is 41.7. The molecule has 372 valence electrons. The topological polar surface area (TPSA) is 114 Å². The number of hydrogen-bond donors (Lipinski definition) is 2. The van der Waals surface area contributed by atoms with E-state index < -0.39 is 11.9 Å². The van der Waals surface area contributed by atoms with Crippen molar-refractivity contribution in [2.75, 3.05) is 41.5 Å². The molecule has 8 aromatic rings. The number of hydrogen-bond acceptors (Lipinski definition) is 10. The number of para-hydroxylation sites is 4. The van der Waals surface area contributed by atoms with Gasteiger partial charge in [-0.3, -0.25) is 0 Å². The van der Waals surface area contributed by atoms with E-state index in [4.69, 9.17) is 28.4 Å². The molecule has 0 spiro atoms. The van der Waals surface area contributed by atoms with Gasteiger partial charge in [0.1, 0.15) is 46.3 Å². The van der Waals surface area contributed by atoms with Gasteiger partial charge in [-0.15, -0.1) is 0 Å². The standard InChI is InChI=1S/2C31H31NO4.2H2/c2*1-20(23-14-8-11-21-10-4-5-12-24(21)23)32-19-22-18-28(25-13-6-7-17-29(25)36-22)26-15-9-16-27(30(26)34-2)31(33)35-3;;/h2*4-17,20,22,28,32H,18-19H2,1-3H3;2*1H/t20-,22-,28+;20-,22-,28-;;/m11../s1. The van der Waals surface area contributed by atoms with Crippen LogP contribution in [0.2, 0.25) is 0 Å². The fourth-order valence-electron chi connectivity index (χ4n) is 10.6. The first-order valence-electron chi connectivity index (χ1n) is 24.6. The minimum atomic E-state index is -0.406. The van der Waals surface area contributed by atoms with Crippen LogP contribution < -0.4 is 29.6 Å². The van der Waals surface area contributed by atoms with E-state index in [-0.39, 0.29) is 39.0 Å². The second kappa shape index (κ2) is 22.6. The summed E-state index contributed by atoms with van der Waals surface area (Å²) in [6.07, 6.45) is 1.42. The maximum Gasteiger partial charge on any atom is 0.341 e. The maximum atomic E-state index is 12.4. The third kappa shape index (κ3) is 10.4. The van der Waals surface area contributed by atoms with Crippen LogP contribution in [0.3, 0.4) is 0 Å². The molecule has 0 fully saturated rings. The van der Waals surface area contributed by atoms with Crippen LogP contribution in [-0.2, 0) is 9.47 Å². The van der Waals surface area contributed by atoms with Crippen molar-refractivity contribution in [3.8, 4) is 23.0 Å². The summed E-state index contributed by atoms with van der Waals surface area (Å²) in [6, 6.07) is 57.7. The molecule has 0 amide bonds. The summed E-state index contributed by atoms with van der Waals surface area (Å²) in [5.74, 6) is 2.08. The van der Waals surface area contributed by atoms with E-state index in [1.807, 2.05) is 60.7 Å². The average molecular weight is 967 g/mol. The van der Waals surface area contributed by atoms with Gasteiger partial charge in [-0.05, 0) is 83.6 Å². The van der Waals surface area contributed by atoms with Crippen molar-refractivity contribution in [2.45, 2.75) is 62.8 Å². The van der Waals surface area contributed by atoms with Gasteiger partial charge in [0.25, 0.3) is 0 Å². The molecular formula is C62H66N2O8. The number of nitrogens with one attached hydrogen (secondary N) is 2. The van der Waals surface area contributed by atoms with Gasteiger partial charge < -0.3 is 39.1 Å². The number of fused-ring (bicyclic) bond motifs is 4. The Morgan fingerprint density at radius 3 is 1.26 bits per heavy atom. The molecule has 10 rings (SSSR count). The number of carbonyl (C=O) groups is 2. The number of methoxy groups -OCH3 is 4. The second-order valence-electron chi connectivity index (χ2n) is 18.4. The summed E-state index contributed by atoms with van der Waals surface area (Å²) >= 11 is 0. The molecule has 0 saturated carbocycles. The number of carbonyl (C=O) groups excluding carboxylic acids is 2. The fraction of sp³-hybridized carbons (Fsp3) is 0.258. The van der Waals surface area contributed by atoms with Crippen molar-refractivity contribution >= 4 is 33.5 Å². The van der Waals surface area contributed by atoms with E-state index in [2.05, 4.69) is 122 Å². The molecule has 0 radical (unpaired) electrons. The first-order chi connectivity index (χ1) is 35.2. The quantitative estimate of drug-likeness (QED) is 0.102. The smallest absolute Gasteiger partial charge is 0.341 e. The SMILES string of the molecule is COC(=O)c1cccc([C@@H]2C[C@H](CN[C@H](C)c3cccc4ccccc34)Oc3ccccc32)c1OC.COC(=O)c1cccc([C@H]2C[C@H](CN[C@H](C)c3cccc4ccccc34)Oc3ccccc32)c1OC.[HH].[HH]. The molecule has 2 N–H and O–H groups in total. The van der Waals surface area contributed by atoms with E-state index in [0.717, 1.165) is 46.6 Å². The highest BCUT2D eigenvalue weighted by atomic mass is 16.5. The van der Waals surface area contributed by atoms with Gasteiger partial charge in [-0.25, -0.2) is 9.59 Å². The van der Waals surface area contributed by atoms with Crippen LogP contribution in [0.5, 0.6) is 23.0 Å². The third-order valence-corrected chi connectivity index (χ3v) is 14.1. The van der Waals surface area contributed by atoms with Gasteiger partial charge in [-0.1, -0.05) is 146 Å². The van der Waals surface area contributed by atoms with Gasteiger partial charge in [0, 0.05) is 62.1 Å². The summed E-state index contributed by atoms with van der Waals surface area (Å²) in [7, 11) is 5.97. The number of benzene rings is 8. The molecule has 0 saturated heterocycles. The van der Waals surface area contributed by atoms with Crippen LogP contribution in [0.15, 0.2) is 170 Å². The summed E-state index contributed by atoms with van der Waals surface area (Å²) in [5, 5.41) is 12.4. The zero-order valence-corrected chi connectivity index (χ0v) is 41.7. The monoisotopic (exact) mass is 966 g/mol. The van der Waals surface area contributed by atoms with Gasteiger partial charge in [0.05, 0.1) is 28.4 Å². The Hall–Kier alpha value is -7.66. The molecule has 6 atom stereocenters. The van der Waals surface area contributed by atoms with E-state index in [1.54, 1.807) is 26.4 Å². The molecule has 10 nitrogen and oxygen atoms in total. The van der Waals surface area contributed by atoms with Gasteiger partial charge >= 0.3 is 11.9 Å². The molecular weight excluding hydrogens is 901 g/mol. The van der Waals surface area contributed by atoms with Crippen LogP contribution in [0.25, 0.3) is 21.5 Å². The predicted octanol–water partition coefficient (Wildman–Crippen LogP) is 13.0. The molecule has 10 heteroatoms. The molecule has 2 aliphatic heterocycles. The first-order valence-corrected chi connectivity index (χ1v) is 24.6. The van der Waals surface area contributed by atoms with E-state index in [1.165, 1.54) is 46.9 Å². The van der Waals surface area contributed by atoms with Crippen molar-refractivity contribution in [1.82, 2.24) is 10.6 Å². The second-order valence-corrected chi connectivity index (χ2v) is 18.4. The van der Waals surface area contributed by atoms with E-state index >= 15 is 0 Å². The van der Waals surface area contributed by atoms with Gasteiger partial charge in [0.15, 0.2) is 0 Å². The van der Waals surface area contributed by atoms with Crippen LogP contribution in [-0.4, -0.2) is 65.7 Å². The number of ether oxygens (including phenoxy) is 6. The summed E-state index contributed by atoms with van der Waals surface area (Å²) in [4.78, 5) is 24.8. The summed E-state index contributed by atoms with van der Waals surface area (Å²) < 4.78 is 34.3. The van der Waals surface area contributed by atoms with Crippen LogP contribution in [0.1, 0.15) is 108 Å². The van der Waals surface area contributed by atoms with Gasteiger partial charge in [-0.2, -0.15) is 0 Å². The van der Waals surface area contributed by atoms with E-state index in [9.17, 15) is 9.59 Å². The first kappa shape index (κ1) is 49.3. The summed E-state index contributed by atoms with van der Waals surface area (Å²) in [5.41, 5.74) is 7.52. The van der Waals surface area contributed by atoms with Crippen LogP contribution in [0.4, 0.5) is 0 Å². The molecule has 0 bridgehead atoms. The Morgan fingerprint density at radius 1 is 0.486 bits per heavy atom. The molecule has 2 heterocycles. The number of rotatable bonds is 14. The lowest BCUT2D eigenvalue weighted by Crippen LogP contribution is -2.37. The van der Waals surface area contributed by atoms with Crippen molar-refractivity contribution in [3.63, 3.8) is 0 Å². The van der Waals surface area contributed by atoms with Crippen molar-refractivity contribution in [2.24, 2.45) is 0 Å². The summed E-state index contributed by atoms with van der Waals surface area (Å²) in [6.45, 7) is 5.76. The Labute approximate surface area is 425 Å². The lowest BCUT2D eigenvalue weighted by Gasteiger charge is -2.34. The molecule has 0 unspecified atom stereocenters.